The Morgan fingerprint density at radius 1 is 1.79 bits per heavy atom. The maximum Gasteiger partial charge on any atom is 0.320 e. The van der Waals surface area contributed by atoms with Gasteiger partial charge >= 0.3 is 5.97 Å². The molecule has 0 unspecified atom stereocenters. The zero-order valence-electron chi connectivity index (χ0n) is 8.27. The van der Waals surface area contributed by atoms with Crippen molar-refractivity contribution in [1.82, 2.24) is 5.48 Å². The van der Waals surface area contributed by atoms with Crippen molar-refractivity contribution < 1.29 is 14.7 Å². The molecular formula is C8H17N3O3. The summed E-state index contributed by atoms with van der Waals surface area (Å²) in [6.07, 6.45) is 2.52. The number of aliphatic carboxylic acids is 1. The number of nitrogens with one attached hydrogen (secondary N) is 1. The summed E-state index contributed by atoms with van der Waals surface area (Å²) in [7, 11) is 0. The lowest BCUT2D eigenvalue weighted by atomic mass is 10.2. The Morgan fingerprint density at radius 3 is 3.07 bits per heavy atom. The molecule has 0 aliphatic rings. The molecule has 82 valence electrons. The Balaban J connectivity index is 3.28. The van der Waals surface area contributed by atoms with Gasteiger partial charge in [-0.3, -0.25) is 20.1 Å². The number of rotatable bonds is 8. The van der Waals surface area contributed by atoms with Gasteiger partial charge < -0.3 is 10.8 Å². The molecule has 6 nitrogen and oxygen atoms in total. The Kier molecular flexibility index (Phi) is 7.77. The van der Waals surface area contributed by atoms with Crippen LogP contribution in [-0.2, 0) is 9.63 Å². The van der Waals surface area contributed by atoms with E-state index in [9.17, 15) is 4.79 Å². The van der Waals surface area contributed by atoms with Gasteiger partial charge in [-0.1, -0.05) is 0 Å². The summed E-state index contributed by atoms with van der Waals surface area (Å²) in [5.41, 5.74) is 7.79. The van der Waals surface area contributed by atoms with Gasteiger partial charge in [-0.05, 0) is 19.8 Å². The molecule has 1 atom stereocenters. The van der Waals surface area contributed by atoms with Crippen LogP contribution in [0.4, 0.5) is 0 Å². The normalized spacial score (nSPS) is 13.0. The highest BCUT2D eigenvalue weighted by Crippen LogP contribution is 1.94. The first-order valence-corrected chi connectivity index (χ1v) is 4.52. The lowest BCUT2D eigenvalue weighted by molar-refractivity contribution is -0.138. The van der Waals surface area contributed by atoms with Crippen LogP contribution >= 0.6 is 0 Å². The van der Waals surface area contributed by atoms with Gasteiger partial charge in [0, 0.05) is 6.54 Å². The van der Waals surface area contributed by atoms with E-state index >= 15 is 0 Å². The van der Waals surface area contributed by atoms with E-state index in [0.29, 0.717) is 26.0 Å². The molecule has 0 saturated carbocycles. The van der Waals surface area contributed by atoms with Crippen LogP contribution in [0, 0.1) is 0 Å². The SMILES string of the molecule is CCONC=NCCC[C@@H](N)C(=O)O. The molecule has 0 spiro atoms. The fraction of sp³-hybridized carbons (Fsp3) is 0.750. The highest BCUT2D eigenvalue weighted by molar-refractivity contribution is 5.72. The predicted molar refractivity (Wildman–Crippen MR) is 53.0 cm³/mol. The topological polar surface area (TPSA) is 96.9 Å². The average Bonchev–Trinajstić information content (AvgIpc) is 2.16. The fourth-order valence-corrected chi connectivity index (χ4v) is 0.748. The van der Waals surface area contributed by atoms with Crippen molar-refractivity contribution in [3.8, 4) is 0 Å². The van der Waals surface area contributed by atoms with Crippen molar-refractivity contribution in [1.29, 1.82) is 0 Å². The van der Waals surface area contributed by atoms with Crippen LogP contribution in [0.3, 0.4) is 0 Å². The van der Waals surface area contributed by atoms with E-state index in [1.54, 1.807) is 0 Å². The van der Waals surface area contributed by atoms with Gasteiger partial charge in [0.05, 0.1) is 6.61 Å². The smallest absolute Gasteiger partial charge is 0.320 e. The first kappa shape index (κ1) is 12.9. The van der Waals surface area contributed by atoms with E-state index in [0.717, 1.165) is 0 Å². The van der Waals surface area contributed by atoms with Crippen LogP contribution in [0.15, 0.2) is 4.99 Å². The lowest BCUT2D eigenvalue weighted by Gasteiger charge is -2.03. The predicted octanol–water partition coefficient (Wildman–Crippen LogP) is -0.252. The summed E-state index contributed by atoms with van der Waals surface area (Å²) in [4.78, 5) is 19.0. The minimum Gasteiger partial charge on any atom is -0.480 e. The van der Waals surface area contributed by atoms with Gasteiger partial charge in [-0.15, -0.1) is 0 Å². The third kappa shape index (κ3) is 7.51. The number of aliphatic imine (C=N–C) groups is 1. The molecule has 0 fully saturated rings. The summed E-state index contributed by atoms with van der Waals surface area (Å²) in [6.45, 7) is 2.96. The van der Waals surface area contributed by atoms with Crippen LogP contribution < -0.4 is 11.2 Å². The largest absolute Gasteiger partial charge is 0.480 e. The Labute approximate surface area is 83.1 Å². The maximum atomic E-state index is 10.3. The van der Waals surface area contributed by atoms with Gasteiger partial charge in [0.25, 0.3) is 0 Å². The second-order valence-electron chi connectivity index (χ2n) is 2.67. The van der Waals surface area contributed by atoms with Crippen molar-refractivity contribution in [2.75, 3.05) is 13.2 Å². The molecule has 0 aromatic heterocycles. The van der Waals surface area contributed by atoms with Gasteiger partial charge in [-0.2, -0.15) is 0 Å². The number of hydroxylamine groups is 1. The summed E-state index contributed by atoms with van der Waals surface area (Å²) in [6, 6.07) is -0.787. The second kappa shape index (κ2) is 8.46. The van der Waals surface area contributed by atoms with Gasteiger partial charge in [0.1, 0.15) is 12.4 Å². The molecule has 0 aromatic rings. The first-order valence-electron chi connectivity index (χ1n) is 4.52. The van der Waals surface area contributed by atoms with E-state index in [2.05, 4.69) is 10.5 Å². The number of hydrogen-bond donors (Lipinski definition) is 3. The summed E-state index contributed by atoms with van der Waals surface area (Å²) in [5, 5.41) is 8.46. The van der Waals surface area contributed by atoms with E-state index < -0.39 is 12.0 Å². The molecule has 0 rings (SSSR count). The molecule has 4 N–H and O–H groups in total. The fourth-order valence-electron chi connectivity index (χ4n) is 0.748. The standard InChI is InChI=1S/C8H17N3O3/c1-2-14-11-6-10-5-3-4-7(9)8(12)13/h6-7H,2-5,9H2,1H3,(H,10,11)(H,12,13)/t7-/m1/s1. The minimum atomic E-state index is -0.971. The third-order valence-electron chi connectivity index (χ3n) is 1.49. The van der Waals surface area contributed by atoms with Crippen LogP contribution in [0.1, 0.15) is 19.8 Å². The number of carboxylic acid groups (broad SMARTS) is 1. The van der Waals surface area contributed by atoms with E-state index in [-0.39, 0.29) is 0 Å². The van der Waals surface area contributed by atoms with Crippen molar-refractivity contribution in [3.63, 3.8) is 0 Å². The molecular weight excluding hydrogens is 186 g/mol. The summed E-state index contributed by atoms with van der Waals surface area (Å²) < 4.78 is 0. The third-order valence-corrected chi connectivity index (χ3v) is 1.49. The van der Waals surface area contributed by atoms with Crippen LogP contribution in [0.5, 0.6) is 0 Å². The molecule has 6 heteroatoms. The molecule has 0 radical (unpaired) electrons. The van der Waals surface area contributed by atoms with Gasteiger partial charge in [0.15, 0.2) is 0 Å². The van der Waals surface area contributed by atoms with E-state index in [1.807, 2.05) is 6.92 Å². The second-order valence-corrected chi connectivity index (χ2v) is 2.67. The highest BCUT2D eigenvalue weighted by Gasteiger charge is 2.09. The van der Waals surface area contributed by atoms with E-state index in [1.165, 1.54) is 6.34 Å². The molecule has 0 aliphatic carbocycles. The summed E-state index contributed by atoms with van der Waals surface area (Å²) >= 11 is 0. The van der Waals surface area contributed by atoms with Crippen LogP contribution in [0.25, 0.3) is 0 Å². The molecule has 0 aromatic carbocycles. The Bertz CT molecular complexity index is 185. The van der Waals surface area contributed by atoms with Crippen molar-refractivity contribution in [2.45, 2.75) is 25.8 Å². The molecule has 0 bridgehead atoms. The molecule has 0 saturated heterocycles. The monoisotopic (exact) mass is 203 g/mol. The highest BCUT2D eigenvalue weighted by atomic mass is 16.6. The van der Waals surface area contributed by atoms with Crippen molar-refractivity contribution >= 4 is 12.3 Å². The zero-order chi connectivity index (χ0) is 10.8. The number of nitrogens with zero attached hydrogens (tertiary/aromatic N) is 1. The summed E-state index contributed by atoms with van der Waals surface area (Å²) in [5.74, 6) is -0.971. The number of carbonyl (C=O) groups is 1. The van der Waals surface area contributed by atoms with Crippen molar-refractivity contribution in [2.24, 2.45) is 10.7 Å². The lowest BCUT2D eigenvalue weighted by Crippen LogP contribution is -2.29. The molecule has 0 aliphatic heterocycles. The number of carboxylic acids is 1. The van der Waals surface area contributed by atoms with Crippen LogP contribution in [-0.4, -0.2) is 36.6 Å². The Morgan fingerprint density at radius 2 is 2.50 bits per heavy atom. The molecule has 0 amide bonds. The quantitative estimate of drug-likeness (QED) is 0.219. The first-order chi connectivity index (χ1) is 6.68. The molecule has 0 heterocycles. The van der Waals surface area contributed by atoms with Crippen molar-refractivity contribution in [3.05, 3.63) is 0 Å². The Hall–Kier alpha value is -1.14. The van der Waals surface area contributed by atoms with Crippen LogP contribution in [0.2, 0.25) is 0 Å². The zero-order valence-corrected chi connectivity index (χ0v) is 8.27. The maximum absolute atomic E-state index is 10.3. The minimum absolute atomic E-state index is 0.432. The van der Waals surface area contributed by atoms with Gasteiger partial charge in [0.2, 0.25) is 0 Å². The molecule has 14 heavy (non-hydrogen) atoms. The number of nitrogens with two attached hydrogens (primary N) is 1. The van der Waals surface area contributed by atoms with E-state index in [4.69, 9.17) is 15.7 Å². The average molecular weight is 203 g/mol. The number of hydrogen-bond acceptors (Lipinski definition) is 4. The van der Waals surface area contributed by atoms with Gasteiger partial charge in [-0.25, -0.2) is 0 Å².